The number of benzene rings is 1. The van der Waals surface area contributed by atoms with Crippen LogP contribution in [0.15, 0.2) is 36.9 Å². The van der Waals surface area contributed by atoms with Gasteiger partial charge < -0.3 is 10.4 Å². The second kappa shape index (κ2) is 5.01. The fourth-order valence-electron chi connectivity index (χ4n) is 1.17. The van der Waals surface area contributed by atoms with Gasteiger partial charge in [-0.15, -0.1) is 0 Å². The second-order valence-corrected chi connectivity index (χ2v) is 3.26. The lowest BCUT2D eigenvalue weighted by atomic mass is 10.1. The summed E-state index contributed by atoms with van der Waals surface area (Å²) in [5.74, 6) is -0.538. The second-order valence-electron chi connectivity index (χ2n) is 3.26. The first-order valence-electron chi connectivity index (χ1n) is 4.62. The first-order valence-corrected chi connectivity index (χ1v) is 4.62. The molecular weight excluding hydrogens is 235 g/mol. The third kappa shape index (κ3) is 3.60. The van der Waals surface area contributed by atoms with Gasteiger partial charge in [0.15, 0.2) is 6.10 Å². The summed E-state index contributed by atoms with van der Waals surface area (Å²) in [6, 6.07) is 4.90. The van der Waals surface area contributed by atoms with Crippen LogP contribution >= 0.6 is 0 Å². The van der Waals surface area contributed by atoms with Gasteiger partial charge in [-0.2, -0.15) is 13.2 Å². The standard InChI is InChI=1S/C11H10F3NO2/c1-2-9(16)15-8-5-3-4-7(6-8)10(17)11(12,13)14/h2-6,10,17H,1H2,(H,15,16). The number of carbonyl (C=O) groups is 1. The molecule has 0 radical (unpaired) electrons. The Hall–Kier alpha value is -1.82. The number of anilines is 1. The van der Waals surface area contributed by atoms with Crippen LogP contribution in [-0.2, 0) is 4.79 Å². The van der Waals surface area contributed by atoms with Crippen molar-refractivity contribution in [1.29, 1.82) is 0 Å². The van der Waals surface area contributed by atoms with Crippen molar-refractivity contribution in [1.82, 2.24) is 0 Å². The summed E-state index contributed by atoms with van der Waals surface area (Å²) in [5, 5.41) is 11.3. The predicted molar refractivity (Wildman–Crippen MR) is 56.3 cm³/mol. The minimum atomic E-state index is -4.74. The molecule has 0 heterocycles. The van der Waals surface area contributed by atoms with Crippen LogP contribution in [0.3, 0.4) is 0 Å². The monoisotopic (exact) mass is 245 g/mol. The molecule has 0 saturated heterocycles. The molecule has 1 amide bonds. The number of carbonyl (C=O) groups excluding carboxylic acids is 1. The Morgan fingerprint density at radius 2 is 2.12 bits per heavy atom. The van der Waals surface area contributed by atoms with E-state index < -0.39 is 18.2 Å². The van der Waals surface area contributed by atoms with Crippen LogP contribution in [0.5, 0.6) is 0 Å². The van der Waals surface area contributed by atoms with E-state index in [9.17, 15) is 18.0 Å². The Morgan fingerprint density at radius 3 is 2.65 bits per heavy atom. The molecule has 2 N–H and O–H groups in total. The highest BCUT2D eigenvalue weighted by Crippen LogP contribution is 2.33. The zero-order chi connectivity index (χ0) is 13.1. The lowest BCUT2D eigenvalue weighted by molar-refractivity contribution is -0.206. The van der Waals surface area contributed by atoms with E-state index in [-0.39, 0.29) is 11.3 Å². The number of alkyl halides is 3. The minimum absolute atomic E-state index is 0.163. The number of nitrogens with one attached hydrogen (secondary N) is 1. The average Bonchev–Trinajstić information content (AvgIpc) is 2.27. The van der Waals surface area contributed by atoms with Crippen LogP contribution in [0.4, 0.5) is 18.9 Å². The molecule has 6 heteroatoms. The first-order chi connectivity index (χ1) is 7.84. The van der Waals surface area contributed by atoms with Crippen LogP contribution < -0.4 is 5.32 Å². The Bertz CT molecular complexity index is 429. The van der Waals surface area contributed by atoms with Crippen LogP contribution in [0, 0.1) is 0 Å². The number of rotatable bonds is 3. The van der Waals surface area contributed by atoms with Gasteiger partial charge in [0.1, 0.15) is 0 Å². The molecule has 0 aliphatic carbocycles. The molecule has 0 saturated carbocycles. The number of hydrogen-bond donors (Lipinski definition) is 2. The summed E-state index contributed by atoms with van der Waals surface area (Å²) in [5.41, 5.74) is -0.171. The number of hydrogen-bond acceptors (Lipinski definition) is 2. The van der Waals surface area contributed by atoms with Gasteiger partial charge >= 0.3 is 6.18 Å². The molecule has 0 bridgehead atoms. The SMILES string of the molecule is C=CC(=O)Nc1cccc(C(O)C(F)(F)F)c1. The van der Waals surface area contributed by atoms with E-state index in [0.29, 0.717) is 0 Å². The Kier molecular flexibility index (Phi) is 3.90. The van der Waals surface area contributed by atoms with Crippen molar-refractivity contribution in [2.45, 2.75) is 12.3 Å². The first kappa shape index (κ1) is 13.2. The van der Waals surface area contributed by atoms with Crippen LogP contribution in [0.25, 0.3) is 0 Å². The largest absolute Gasteiger partial charge is 0.418 e. The smallest absolute Gasteiger partial charge is 0.379 e. The Labute approximate surface area is 95.6 Å². The highest BCUT2D eigenvalue weighted by atomic mass is 19.4. The molecule has 0 aliphatic heterocycles. The summed E-state index contributed by atoms with van der Waals surface area (Å²) in [4.78, 5) is 10.9. The number of aliphatic hydroxyl groups is 1. The van der Waals surface area contributed by atoms with Crippen molar-refractivity contribution >= 4 is 11.6 Å². The number of amides is 1. The maximum absolute atomic E-state index is 12.2. The van der Waals surface area contributed by atoms with Crippen molar-refractivity contribution in [3.8, 4) is 0 Å². The van der Waals surface area contributed by atoms with Gasteiger partial charge in [-0.25, -0.2) is 0 Å². The lowest BCUT2D eigenvalue weighted by Crippen LogP contribution is -2.20. The van der Waals surface area contributed by atoms with E-state index in [0.717, 1.165) is 18.2 Å². The summed E-state index contributed by atoms with van der Waals surface area (Å²) < 4.78 is 36.7. The third-order valence-corrected chi connectivity index (χ3v) is 1.97. The zero-order valence-electron chi connectivity index (χ0n) is 8.66. The van der Waals surface area contributed by atoms with Gasteiger partial charge in [0.2, 0.25) is 5.91 Å². The Balaban J connectivity index is 2.93. The van der Waals surface area contributed by atoms with Crippen molar-refractivity contribution in [3.63, 3.8) is 0 Å². The molecule has 1 rings (SSSR count). The average molecular weight is 245 g/mol. The van der Waals surface area contributed by atoms with Crippen LogP contribution in [0.1, 0.15) is 11.7 Å². The lowest BCUT2D eigenvalue weighted by Gasteiger charge is -2.15. The number of aliphatic hydroxyl groups excluding tert-OH is 1. The molecule has 17 heavy (non-hydrogen) atoms. The fraction of sp³-hybridized carbons (Fsp3) is 0.182. The molecule has 0 fully saturated rings. The molecular formula is C11H10F3NO2. The van der Waals surface area contributed by atoms with Gasteiger partial charge in [-0.05, 0) is 23.8 Å². The van der Waals surface area contributed by atoms with E-state index in [1.54, 1.807) is 0 Å². The van der Waals surface area contributed by atoms with E-state index in [2.05, 4.69) is 11.9 Å². The Morgan fingerprint density at radius 1 is 1.47 bits per heavy atom. The molecule has 1 aromatic carbocycles. The van der Waals surface area contributed by atoms with Gasteiger partial charge in [-0.3, -0.25) is 4.79 Å². The van der Waals surface area contributed by atoms with Gasteiger partial charge in [0.05, 0.1) is 0 Å². The van der Waals surface area contributed by atoms with Crippen molar-refractivity contribution < 1.29 is 23.1 Å². The highest BCUT2D eigenvalue weighted by Gasteiger charge is 2.39. The maximum atomic E-state index is 12.2. The summed E-state index contributed by atoms with van der Waals surface area (Å²) in [6.07, 6.45) is -6.31. The third-order valence-electron chi connectivity index (χ3n) is 1.97. The summed E-state index contributed by atoms with van der Waals surface area (Å²) in [7, 11) is 0. The molecule has 0 aromatic heterocycles. The van der Waals surface area contributed by atoms with Crippen molar-refractivity contribution in [3.05, 3.63) is 42.5 Å². The topological polar surface area (TPSA) is 49.3 Å². The molecule has 92 valence electrons. The molecule has 1 atom stereocenters. The van der Waals surface area contributed by atoms with Crippen molar-refractivity contribution in [2.24, 2.45) is 0 Å². The summed E-state index contributed by atoms with van der Waals surface area (Å²) >= 11 is 0. The molecule has 0 aliphatic rings. The van der Waals surface area contributed by atoms with E-state index in [1.807, 2.05) is 0 Å². The van der Waals surface area contributed by atoms with Crippen LogP contribution in [0.2, 0.25) is 0 Å². The molecule has 0 spiro atoms. The van der Waals surface area contributed by atoms with E-state index >= 15 is 0 Å². The molecule has 1 unspecified atom stereocenters. The number of halogens is 3. The van der Waals surface area contributed by atoms with Gasteiger partial charge in [0.25, 0.3) is 0 Å². The molecule has 3 nitrogen and oxygen atoms in total. The van der Waals surface area contributed by atoms with Gasteiger partial charge in [-0.1, -0.05) is 18.7 Å². The quantitative estimate of drug-likeness (QED) is 0.803. The van der Waals surface area contributed by atoms with E-state index in [4.69, 9.17) is 5.11 Å². The zero-order valence-corrected chi connectivity index (χ0v) is 8.66. The van der Waals surface area contributed by atoms with Crippen molar-refractivity contribution in [2.75, 3.05) is 5.32 Å². The van der Waals surface area contributed by atoms with Crippen LogP contribution in [-0.4, -0.2) is 17.2 Å². The van der Waals surface area contributed by atoms with Gasteiger partial charge in [0, 0.05) is 5.69 Å². The highest BCUT2D eigenvalue weighted by molar-refractivity contribution is 5.98. The summed E-state index contributed by atoms with van der Waals surface area (Å²) in [6.45, 7) is 3.21. The maximum Gasteiger partial charge on any atom is 0.418 e. The normalized spacial score (nSPS) is 12.9. The minimum Gasteiger partial charge on any atom is -0.379 e. The molecule has 1 aromatic rings. The predicted octanol–water partition coefficient (Wildman–Crippen LogP) is 2.41. The van der Waals surface area contributed by atoms with E-state index in [1.165, 1.54) is 12.1 Å². The fourth-order valence-corrected chi connectivity index (χ4v) is 1.17.